The maximum atomic E-state index is 11.9. The molecule has 2 rings (SSSR count). The van der Waals surface area contributed by atoms with Gasteiger partial charge in [0.25, 0.3) is 5.91 Å². The second-order valence-electron chi connectivity index (χ2n) is 3.29. The topological polar surface area (TPSA) is 94.0 Å². The fraction of sp³-hybridized carbons (Fsp3) is 0.100. The summed E-state index contributed by atoms with van der Waals surface area (Å²) in [6.07, 6.45) is 0. The first-order chi connectivity index (χ1) is 8.08. The number of hydrogen-bond donors (Lipinski definition) is 2. The Morgan fingerprint density at radius 1 is 1.47 bits per heavy atom. The van der Waals surface area contributed by atoms with Crippen molar-refractivity contribution in [3.8, 4) is 0 Å². The summed E-state index contributed by atoms with van der Waals surface area (Å²) in [5, 5.41) is 9.76. The number of nitrogens with one attached hydrogen (secondary N) is 1. The Morgan fingerprint density at radius 2 is 2.24 bits per heavy atom. The summed E-state index contributed by atoms with van der Waals surface area (Å²) < 4.78 is 5.58. The molecular formula is C10H9BrN4O2. The van der Waals surface area contributed by atoms with Crippen LogP contribution in [0.25, 0.3) is 0 Å². The van der Waals surface area contributed by atoms with Crippen LogP contribution in [0.15, 0.2) is 27.1 Å². The zero-order valence-electron chi connectivity index (χ0n) is 8.90. The Morgan fingerprint density at radius 3 is 2.88 bits per heavy atom. The number of rotatable bonds is 2. The van der Waals surface area contributed by atoms with Crippen molar-refractivity contribution >= 4 is 33.5 Å². The predicted molar refractivity (Wildman–Crippen MR) is 65.5 cm³/mol. The molecule has 7 heteroatoms. The third kappa shape index (κ3) is 2.44. The molecule has 0 aliphatic carbocycles. The van der Waals surface area contributed by atoms with Crippen molar-refractivity contribution in [2.75, 3.05) is 11.1 Å². The van der Waals surface area contributed by atoms with Crippen LogP contribution in [0.4, 0.5) is 11.7 Å². The highest BCUT2D eigenvalue weighted by Crippen LogP contribution is 2.24. The summed E-state index contributed by atoms with van der Waals surface area (Å²) in [5.41, 5.74) is 6.57. The van der Waals surface area contributed by atoms with Crippen LogP contribution in [0.2, 0.25) is 0 Å². The smallest absolute Gasteiger partial charge is 0.322 e. The van der Waals surface area contributed by atoms with E-state index in [1.807, 2.05) is 0 Å². The normalized spacial score (nSPS) is 10.2. The van der Waals surface area contributed by atoms with Gasteiger partial charge in [-0.3, -0.25) is 10.1 Å². The number of hydrogen-bond acceptors (Lipinski definition) is 5. The number of anilines is 2. The fourth-order valence-electron chi connectivity index (χ4n) is 1.24. The molecule has 1 heterocycles. The summed E-state index contributed by atoms with van der Waals surface area (Å²) in [6.45, 7) is 1.64. The van der Waals surface area contributed by atoms with Gasteiger partial charge in [-0.15, -0.1) is 5.10 Å². The second kappa shape index (κ2) is 4.54. The SMILES string of the molecule is Cc1nnc(NC(=O)c2cccc(N)c2Br)o1. The largest absolute Gasteiger partial charge is 0.408 e. The van der Waals surface area contributed by atoms with Crippen LogP contribution in [-0.2, 0) is 0 Å². The second-order valence-corrected chi connectivity index (χ2v) is 4.08. The molecule has 0 radical (unpaired) electrons. The minimum absolute atomic E-state index is 0.0572. The van der Waals surface area contributed by atoms with Crippen LogP contribution in [0, 0.1) is 6.92 Å². The molecule has 0 spiro atoms. The van der Waals surface area contributed by atoms with Gasteiger partial charge >= 0.3 is 6.01 Å². The molecule has 0 saturated carbocycles. The Labute approximate surface area is 105 Å². The van der Waals surface area contributed by atoms with E-state index >= 15 is 0 Å². The number of carbonyl (C=O) groups excluding carboxylic acids is 1. The third-order valence-electron chi connectivity index (χ3n) is 2.02. The zero-order chi connectivity index (χ0) is 12.4. The highest BCUT2D eigenvalue weighted by molar-refractivity contribution is 9.10. The van der Waals surface area contributed by atoms with Crippen LogP contribution >= 0.6 is 15.9 Å². The molecule has 88 valence electrons. The highest BCUT2D eigenvalue weighted by Gasteiger charge is 2.14. The van der Waals surface area contributed by atoms with Crippen LogP contribution in [0.5, 0.6) is 0 Å². The van der Waals surface area contributed by atoms with Gasteiger partial charge in [-0.05, 0) is 28.1 Å². The molecule has 1 aromatic carbocycles. The lowest BCUT2D eigenvalue weighted by Gasteiger charge is -2.05. The molecule has 0 aliphatic heterocycles. The van der Waals surface area contributed by atoms with E-state index in [1.54, 1.807) is 25.1 Å². The van der Waals surface area contributed by atoms with Crippen LogP contribution in [0.1, 0.15) is 16.2 Å². The van der Waals surface area contributed by atoms with Gasteiger partial charge in [-0.1, -0.05) is 11.2 Å². The highest BCUT2D eigenvalue weighted by atomic mass is 79.9. The first kappa shape index (κ1) is 11.6. The number of benzene rings is 1. The Hall–Kier alpha value is -1.89. The van der Waals surface area contributed by atoms with Crippen molar-refractivity contribution in [3.05, 3.63) is 34.1 Å². The lowest BCUT2D eigenvalue weighted by atomic mass is 10.2. The van der Waals surface area contributed by atoms with Crippen LogP contribution in [-0.4, -0.2) is 16.1 Å². The van der Waals surface area contributed by atoms with Gasteiger partial charge in [-0.25, -0.2) is 0 Å². The number of aromatic nitrogens is 2. The molecule has 17 heavy (non-hydrogen) atoms. The fourth-order valence-corrected chi connectivity index (χ4v) is 1.68. The molecule has 3 N–H and O–H groups in total. The number of nitrogens with two attached hydrogens (primary N) is 1. The summed E-state index contributed by atoms with van der Waals surface area (Å²) >= 11 is 3.25. The van der Waals surface area contributed by atoms with Crippen molar-refractivity contribution in [1.29, 1.82) is 0 Å². The summed E-state index contributed by atoms with van der Waals surface area (Å²) in [5.74, 6) is 0.0137. The summed E-state index contributed by atoms with van der Waals surface area (Å²) in [6, 6.07) is 5.08. The monoisotopic (exact) mass is 296 g/mol. The number of aryl methyl sites for hydroxylation is 1. The molecule has 0 aliphatic rings. The van der Waals surface area contributed by atoms with Gasteiger partial charge in [0.1, 0.15) is 0 Å². The van der Waals surface area contributed by atoms with Crippen LogP contribution in [0.3, 0.4) is 0 Å². The number of nitrogens with zero attached hydrogens (tertiary/aromatic N) is 2. The molecule has 0 atom stereocenters. The molecule has 6 nitrogen and oxygen atoms in total. The van der Waals surface area contributed by atoms with E-state index in [2.05, 4.69) is 31.4 Å². The quantitative estimate of drug-likeness (QED) is 0.826. The van der Waals surface area contributed by atoms with Gasteiger partial charge in [0.2, 0.25) is 5.89 Å². The minimum atomic E-state index is -0.368. The lowest BCUT2D eigenvalue weighted by Crippen LogP contribution is -2.13. The molecule has 0 saturated heterocycles. The van der Waals surface area contributed by atoms with Crippen molar-refractivity contribution < 1.29 is 9.21 Å². The first-order valence-electron chi connectivity index (χ1n) is 4.73. The molecule has 2 aromatic rings. The first-order valence-corrected chi connectivity index (χ1v) is 5.52. The molecule has 0 bridgehead atoms. The van der Waals surface area contributed by atoms with Crippen molar-refractivity contribution in [2.45, 2.75) is 6.92 Å². The van der Waals surface area contributed by atoms with Gasteiger partial charge < -0.3 is 10.2 Å². The maximum Gasteiger partial charge on any atom is 0.322 e. The number of carbonyl (C=O) groups is 1. The molecule has 1 aromatic heterocycles. The van der Waals surface area contributed by atoms with Crippen molar-refractivity contribution in [3.63, 3.8) is 0 Å². The van der Waals surface area contributed by atoms with Gasteiger partial charge in [0, 0.05) is 12.6 Å². The van der Waals surface area contributed by atoms with E-state index in [9.17, 15) is 4.79 Å². The van der Waals surface area contributed by atoms with Gasteiger partial charge in [0.15, 0.2) is 0 Å². The minimum Gasteiger partial charge on any atom is -0.408 e. The lowest BCUT2D eigenvalue weighted by molar-refractivity contribution is 0.102. The summed E-state index contributed by atoms with van der Waals surface area (Å²) in [7, 11) is 0. The van der Waals surface area contributed by atoms with Gasteiger partial charge in [0.05, 0.1) is 10.0 Å². The number of nitrogen functional groups attached to an aromatic ring is 1. The van der Waals surface area contributed by atoms with E-state index < -0.39 is 0 Å². The van der Waals surface area contributed by atoms with Crippen molar-refractivity contribution in [2.24, 2.45) is 0 Å². The molecule has 1 amide bonds. The summed E-state index contributed by atoms with van der Waals surface area (Å²) in [4.78, 5) is 11.9. The van der Waals surface area contributed by atoms with Crippen molar-refractivity contribution in [1.82, 2.24) is 10.2 Å². The molecule has 0 unspecified atom stereocenters. The predicted octanol–water partition coefficient (Wildman–Crippen LogP) is 1.98. The standard InChI is InChI=1S/C10H9BrN4O2/c1-5-14-15-10(17-5)13-9(16)6-3-2-4-7(12)8(6)11/h2-4H,12H2,1H3,(H,13,15,16). The molecular weight excluding hydrogens is 288 g/mol. The number of halogens is 1. The Balaban J connectivity index is 2.23. The number of amides is 1. The van der Waals surface area contributed by atoms with Gasteiger partial charge in [-0.2, -0.15) is 0 Å². The Kier molecular flexibility index (Phi) is 3.10. The maximum absolute atomic E-state index is 11.9. The van der Waals surface area contributed by atoms with E-state index in [0.29, 0.717) is 21.6 Å². The van der Waals surface area contributed by atoms with E-state index in [0.717, 1.165) is 0 Å². The van der Waals surface area contributed by atoms with E-state index in [4.69, 9.17) is 10.2 Å². The third-order valence-corrected chi connectivity index (χ3v) is 2.90. The molecule has 0 fully saturated rings. The Bertz CT molecular complexity index is 567. The van der Waals surface area contributed by atoms with Crippen LogP contribution < -0.4 is 11.1 Å². The van der Waals surface area contributed by atoms with E-state index in [1.165, 1.54) is 0 Å². The zero-order valence-corrected chi connectivity index (χ0v) is 10.5. The average molecular weight is 297 g/mol. The average Bonchev–Trinajstić information content (AvgIpc) is 2.68. The van der Waals surface area contributed by atoms with E-state index in [-0.39, 0.29) is 11.9 Å².